The van der Waals surface area contributed by atoms with E-state index in [0.29, 0.717) is 24.3 Å². The molecule has 2 saturated heterocycles. The number of aryl methyl sites for hydroxylation is 2. The van der Waals surface area contributed by atoms with E-state index >= 15 is 0 Å². The van der Waals surface area contributed by atoms with Crippen LogP contribution in [0.1, 0.15) is 30.4 Å². The van der Waals surface area contributed by atoms with Crippen molar-refractivity contribution in [2.24, 2.45) is 5.92 Å². The zero-order valence-corrected chi connectivity index (χ0v) is 12.3. The van der Waals surface area contributed by atoms with E-state index in [1.165, 1.54) is 24.0 Å². The van der Waals surface area contributed by atoms with Crippen molar-refractivity contribution in [1.29, 1.82) is 0 Å². The van der Waals surface area contributed by atoms with Crippen LogP contribution in [-0.4, -0.2) is 36.5 Å². The molecule has 2 heterocycles. The first-order valence-electron chi connectivity index (χ1n) is 7.79. The summed E-state index contributed by atoms with van der Waals surface area (Å²) < 4.78 is 0. The number of piperidine rings is 1. The molecular weight excluding hydrogens is 248 g/mol. The molecule has 0 aromatic heterocycles. The zero-order chi connectivity index (χ0) is 13.9. The van der Waals surface area contributed by atoms with Crippen molar-refractivity contribution < 1.29 is 4.79 Å². The van der Waals surface area contributed by atoms with Gasteiger partial charge in [0.1, 0.15) is 0 Å². The monoisotopic (exact) mass is 272 g/mol. The van der Waals surface area contributed by atoms with Gasteiger partial charge in [0.05, 0.1) is 0 Å². The van der Waals surface area contributed by atoms with Crippen LogP contribution in [0.25, 0.3) is 0 Å². The highest BCUT2D eigenvalue weighted by Crippen LogP contribution is 2.25. The molecule has 0 radical (unpaired) electrons. The van der Waals surface area contributed by atoms with Crippen LogP contribution in [0.2, 0.25) is 0 Å². The molecule has 1 amide bonds. The summed E-state index contributed by atoms with van der Waals surface area (Å²) in [5, 5.41) is 3.55. The van der Waals surface area contributed by atoms with Gasteiger partial charge in [0.15, 0.2) is 0 Å². The average molecular weight is 272 g/mol. The van der Waals surface area contributed by atoms with Crippen LogP contribution in [0, 0.1) is 12.8 Å². The SMILES string of the molecule is Cc1cccc(CCC(=O)N2CC3CCCNC3C2)c1. The van der Waals surface area contributed by atoms with E-state index in [0.717, 1.165) is 26.1 Å². The maximum atomic E-state index is 12.3. The van der Waals surface area contributed by atoms with Gasteiger partial charge in [-0.05, 0) is 44.2 Å². The number of nitrogens with one attached hydrogen (secondary N) is 1. The maximum Gasteiger partial charge on any atom is 0.222 e. The minimum atomic E-state index is 0.322. The molecule has 0 bridgehead atoms. The van der Waals surface area contributed by atoms with Gasteiger partial charge in [0.25, 0.3) is 0 Å². The maximum absolute atomic E-state index is 12.3. The summed E-state index contributed by atoms with van der Waals surface area (Å²) in [4.78, 5) is 14.4. The van der Waals surface area contributed by atoms with E-state index in [1.807, 2.05) is 0 Å². The first kappa shape index (κ1) is 13.6. The molecule has 0 spiro atoms. The second-order valence-corrected chi connectivity index (χ2v) is 6.25. The minimum absolute atomic E-state index is 0.322. The molecule has 3 rings (SSSR count). The fourth-order valence-electron chi connectivity index (χ4n) is 3.53. The lowest BCUT2D eigenvalue weighted by Gasteiger charge is -2.24. The van der Waals surface area contributed by atoms with Gasteiger partial charge in [0, 0.05) is 25.6 Å². The van der Waals surface area contributed by atoms with Gasteiger partial charge in [-0.15, -0.1) is 0 Å². The lowest BCUT2D eigenvalue weighted by Crippen LogP contribution is -2.41. The highest BCUT2D eigenvalue weighted by molar-refractivity contribution is 5.77. The summed E-state index contributed by atoms with van der Waals surface area (Å²) in [6.07, 6.45) is 4.04. The normalized spacial score (nSPS) is 25.6. The van der Waals surface area contributed by atoms with Crippen molar-refractivity contribution in [1.82, 2.24) is 10.2 Å². The van der Waals surface area contributed by atoms with Gasteiger partial charge in [-0.25, -0.2) is 0 Å². The molecule has 1 N–H and O–H groups in total. The molecule has 2 atom stereocenters. The third-order valence-corrected chi connectivity index (χ3v) is 4.66. The largest absolute Gasteiger partial charge is 0.341 e. The average Bonchev–Trinajstić information content (AvgIpc) is 2.89. The van der Waals surface area contributed by atoms with Gasteiger partial charge >= 0.3 is 0 Å². The van der Waals surface area contributed by atoms with E-state index in [9.17, 15) is 4.79 Å². The van der Waals surface area contributed by atoms with E-state index in [4.69, 9.17) is 0 Å². The molecule has 0 aliphatic carbocycles. The molecule has 1 aromatic carbocycles. The predicted molar refractivity (Wildman–Crippen MR) is 80.6 cm³/mol. The third-order valence-electron chi connectivity index (χ3n) is 4.66. The van der Waals surface area contributed by atoms with Crippen LogP contribution in [0.3, 0.4) is 0 Å². The molecule has 0 saturated carbocycles. The molecule has 108 valence electrons. The predicted octanol–water partition coefficient (Wildman–Crippen LogP) is 2.14. The Bertz CT molecular complexity index is 472. The van der Waals surface area contributed by atoms with Crippen LogP contribution in [-0.2, 0) is 11.2 Å². The molecule has 3 nitrogen and oxygen atoms in total. The van der Waals surface area contributed by atoms with Crippen LogP contribution in [0.15, 0.2) is 24.3 Å². The summed E-state index contributed by atoms with van der Waals surface area (Å²) in [7, 11) is 0. The van der Waals surface area contributed by atoms with Crippen molar-refractivity contribution in [3.63, 3.8) is 0 Å². The number of likely N-dealkylation sites (tertiary alicyclic amines) is 1. The van der Waals surface area contributed by atoms with Crippen molar-refractivity contribution in [3.05, 3.63) is 35.4 Å². The highest BCUT2D eigenvalue weighted by atomic mass is 16.2. The number of hydrogen-bond acceptors (Lipinski definition) is 2. The Morgan fingerprint density at radius 1 is 1.40 bits per heavy atom. The Balaban J connectivity index is 1.52. The molecule has 2 aliphatic rings. The molecule has 2 fully saturated rings. The van der Waals surface area contributed by atoms with E-state index < -0.39 is 0 Å². The van der Waals surface area contributed by atoms with Gasteiger partial charge in [-0.1, -0.05) is 29.8 Å². The second kappa shape index (κ2) is 5.96. The Kier molecular flexibility index (Phi) is 4.06. The Hall–Kier alpha value is -1.35. The number of fused-ring (bicyclic) bond motifs is 1. The summed E-state index contributed by atoms with van der Waals surface area (Å²) in [6, 6.07) is 9.02. The third kappa shape index (κ3) is 3.04. The van der Waals surface area contributed by atoms with Gasteiger partial charge in [-0.3, -0.25) is 4.79 Å². The first-order valence-corrected chi connectivity index (χ1v) is 7.79. The van der Waals surface area contributed by atoms with Crippen molar-refractivity contribution in [2.45, 2.75) is 38.6 Å². The van der Waals surface area contributed by atoms with E-state index in [-0.39, 0.29) is 0 Å². The first-order chi connectivity index (χ1) is 9.72. The lowest BCUT2D eigenvalue weighted by molar-refractivity contribution is -0.130. The Morgan fingerprint density at radius 2 is 2.30 bits per heavy atom. The fourth-order valence-corrected chi connectivity index (χ4v) is 3.53. The number of nitrogens with zero attached hydrogens (tertiary/aromatic N) is 1. The molecule has 2 unspecified atom stereocenters. The van der Waals surface area contributed by atoms with Crippen LogP contribution < -0.4 is 5.32 Å². The number of benzene rings is 1. The molecule has 20 heavy (non-hydrogen) atoms. The van der Waals surface area contributed by atoms with E-state index in [1.54, 1.807) is 0 Å². The van der Waals surface area contributed by atoms with Crippen molar-refractivity contribution >= 4 is 5.91 Å². The lowest BCUT2D eigenvalue weighted by atomic mass is 9.94. The van der Waals surface area contributed by atoms with Gasteiger partial charge in [-0.2, -0.15) is 0 Å². The summed E-state index contributed by atoms with van der Waals surface area (Å²) >= 11 is 0. The summed E-state index contributed by atoms with van der Waals surface area (Å²) in [6.45, 7) is 5.09. The zero-order valence-electron chi connectivity index (χ0n) is 12.3. The number of amides is 1. The van der Waals surface area contributed by atoms with E-state index in [2.05, 4.69) is 41.4 Å². The summed E-state index contributed by atoms with van der Waals surface area (Å²) in [5.74, 6) is 1.01. The van der Waals surface area contributed by atoms with Crippen molar-refractivity contribution in [3.8, 4) is 0 Å². The standard InChI is InChI=1S/C17H24N2O/c1-13-4-2-5-14(10-13)7-8-17(20)19-11-15-6-3-9-18-16(15)12-19/h2,4-5,10,15-16,18H,3,6-9,11-12H2,1H3. The molecule has 3 heteroatoms. The van der Waals surface area contributed by atoms with Gasteiger partial charge in [0.2, 0.25) is 5.91 Å². The number of carbonyl (C=O) groups excluding carboxylic acids is 1. The van der Waals surface area contributed by atoms with Crippen LogP contribution in [0.5, 0.6) is 0 Å². The number of rotatable bonds is 3. The second-order valence-electron chi connectivity index (χ2n) is 6.25. The minimum Gasteiger partial charge on any atom is -0.341 e. The highest BCUT2D eigenvalue weighted by Gasteiger charge is 2.35. The molecular formula is C17H24N2O. The quantitative estimate of drug-likeness (QED) is 0.914. The topological polar surface area (TPSA) is 32.3 Å². The number of hydrogen-bond donors (Lipinski definition) is 1. The fraction of sp³-hybridized carbons (Fsp3) is 0.588. The smallest absolute Gasteiger partial charge is 0.222 e. The molecule has 2 aliphatic heterocycles. The van der Waals surface area contributed by atoms with Crippen LogP contribution in [0.4, 0.5) is 0 Å². The number of carbonyl (C=O) groups is 1. The Morgan fingerprint density at radius 3 is 3.10 bits per heavy atom. The van der Waals surface area contributed by atoms with Crippen LogP contribution >= 0.6 is 0 Å². The summed E-state index contributed by atoms with van der Waals surface area (Å²) in [5.41, 5.74) is 2.54. The molecule has 1 aromatic rings. The van der Waals surface area contributed by atoms with Crippen molar-refractivity contribution in [2.75, 3.05) is 19.6 Å². The Labute approximate surface area is 121 Å². The van der Waals surface area contributed by atoms with Gasteiger partial charge < -0.3 is 10.2 Å².